The van der Waals surface area contributed by atoms with Crippen molar-refractivity contribution in [1.82, 2.24) is 14.8 Å². The third-order valence-electron chi connectivity index (χ3n) is 3.58. The second-order valence-electron chi connectivity index (χ2n) is 5.40. The van der Waals surface area contributed by atoms with Crippen LogP contribution in [0.25, 0.3) is 0 Å². The number of hydrogen-bond acceptors (Lipinski definition) is 6. The van der Waals surface area contributed by atoms with Crippen LogP contribution in [-0.4, -0.2) is 68.1 Å². The molecule has 1 saturated heterocycles. The van der Waals surface area contributed by atoms with Gasteiger partial charge in [-0.15, -0.1) is 0 Å². The van der Waals surface area contributed by atoms with E-state index in [1.54, 1.807) is 0 Å². The number of hydrogen-bond donors (Lipinski definition) is 2. The smallest absolute Gasteiger partial charge is 0.178 e. The van der Waals surface area contributed by atoms with Crippen LogP contribution < -0.4 is 16.2 Å². The monoisotopic (exact) mass is 300 g/mol. The maximum Gasteiger partial charge on any atom is 0.178 e. The Labute approximate surface area is 123 Å². The van der Waals surface area contributed by atoms with Gasteiger partial charge in [-0.1, -0.05) is 0 Å². The highest BCUT2D eigenvalue weighted by Crippen LogP contribution is 2.22. The SMILES string of the molecule is CN(C)CCN1CCN(c2nc(NN)c(F)cc2F)CC1. The molecule has 1 aromatic heterocycles. The Morgan fingerprint density at radius 2 is 1.90 bits per heavy atom. The molecule has 1 aliphatic heterocycles. The summed E-state index contributed by atoms with van der Waals surface area (Å²) in [6.07, 6.45) is 0. The van der Waals surface area contributed by atoms with E-state index in [4.69, 9.17) is 5.84 Å². The molecule has 0 bridgehead atoms. The van der Waals surface area contributed by atoms with Crippen molar-refractivity contribution in [3.63, 3.8) is 0 Å². The number of hydrazine groups is 1. The van der Waals surface area contributed by atoms with Crippen LogP contribution in [0.1, 0.15) is 0 Å². The zero-order valence-corrected chi connectivity index (χ0v) is 12.4. The molecule has 0 amide bonds. The number of nitrogens with zero attached hydrogens (tertiary/aromatic N) is 4. The highest BCUT2D eigenvalue weighted by molar-refractivity contribution is 5.49. The van der Waals surface area contributed by atoms with Crippen LogP contribution in [0.2, 0.25) is 0 Å². The minimum atomic E-state index is -0.789. The number of piperazine rings is 1. The molecule has 0 aromatic carbocycles. The van der Waals surface area contributed by atoms with Gasteiger partial charge in [0, 0.05) is 45.3 Å². The lowest BCUT2D eigenvalue weighted by atomic mass is 10.3. The van der Waals surface area contributed by atoms with Crippen LogP contribution in [-0.2, 0) is 0 Å². The normalized spacial score (nSPS) is 16.6. The van der Waals surface area contributed by atoms with Crippen LogP contribution in [0.4, 0.5) is 20.4 Å². The van der Waals surface area contributed by atoms with Gasteiger partial charge in [-0.25, -0.2) is 19.6 Å². The minimum Gasteiger partial charge on any atom is -0.352 e. The summed E-state index contributed by atoms with van der Waals surface area (Å²) in [4.78, 5) is 10.2. The Hall–Kier alpha value is -1.51. The van der Waals surface area contributed by atoms with Gasteiger partial charge in [0.25, 0.3) is 0 Å². The molecule has 21 heavy (non-hydrogen) atoms. The number of aromatic nitrogens is 1. The molecule has 8 heteroatoms. The van der Waals surface area contributed by atoms with Gasteiger partial charge < -0.3 is 15.2 Å². The first-order valence-corrected chi connectivity index (χ1v) is 6.96. The summed E-state index contributed by atoms with van der Waals surface area (Å²) in [5.74, 6) is 3.75. The van der Waals surface area contributed by atoms with E-state index >= 15 is 0 Å². The Balaban J connectivity index is 1.99. The second kappa shape index (κ2) is 6.97. The molecule has 0 aliphatic carbocycles. The molecular formula is C13H22F2N6. The number of nitrogens with one attached hydrogen (secondary N) is 1. The number of nitrogens with two attached hydrogens (primary N) is 1. The highest BCUT2D eigenvalue weighted by Gasteiger charge is 2.22. The second-order valence-corrected chi connectivity index (χ2v) is 5.40. The van der Waals surface area contributed by atoms with Crippen LogP contribution in [0, 0.1) is 11.6 Å². The standard InChI is InChI=1S/C13H22F2N6/c1-19(2)3-4-20-5-7-21(8-6-20)13-11(15)9-10(14)12(17-13)18-16/h9H,3-8,16H2,1-2H3,(H,17,18). The van der Waals surface area contributed by atoms with Crippen molar-refractivity contribution in [2.75, 3.05) is 63.7 Å². The predicted molar refractivity (Wildman–Crippen MR) is 79.2 cm³/mol. The van der Waals surface area contributed by atoms with Gasteiger partial charge in [0.05, 0.1) is 0 Å². The maximum absolute atomic E-state index is 13.9. The molecule has 1 fully saturated rings. The summed E-state index contributed by atoms with van der Waals surface area (Å²) >= 11 is 0. The summed E-state index contributed by atoms with van der Waals surface area (Å²) in [6, 6.07) is 0.815. The van der Waals surface area contributed by atoms with E-state index in [2.05, 4.69) is 20.2 Å². The lowest BCUT2D eigenvalue weighted by Gasteiger charge is -2.36. The third kappa shape index (κ3) is 3.99. The molecule has 0 spiro atoms. The number of pyridine rings is 1. The third-order valence-corrected chi connectivity index (χ3v) is 3.58. The van der Waals surface area contributed by atoms with Gasteiger partial charge in [0.2, 0.25) is 0 Å². The Kier molecular flexibility index (Phi) is 5.27. The molecule has 2 heterocycles. The summed E-state index contributed by atoms with van der Waals surface area (Å²) in [5.41, 5.74) is 2.15. The first-order valence-electron chi connectivity index (χ1n) is 6.96. The van der Waals surface area contributed by atoms with E-state index in [0.29, 0.717) is 13.1 Å². The van der Waals surface area contributed by atoms with Crippen molar-refractivity contribution in [1.29, 1.82) is 0 Å². The molecular weight excluding hydrogens is 278 g/mol. The van der Waals surface area contributed by atoms with Crippen LogP contribution >= 0.6 is 0 Å². The highest BCUT2D eigenvalue weighted by atomic mass is 19.1. The molecule has 1 aliphatic rings. The van der Waals surface area contributed by atoms with E-state index < -0.39 is 11.6 Å². The van der Waals surface area contributed by atoms with Crippen molar-refractivity contribution >= 4 is 11.6 Å². The van der Waals surface area contributed by atoms with E-state index in [1.807, 2.05) is 19.0 Å². The van der Waals surface area contributed by atoms with Crippen LogP contribution in [0.3, 0.4) is 0 Å². The van der Waals surface area contributed by atoms with Crippen LogP contribution in [0.5, 0.6) is 0 Å². The van der Waals surface area contributed by atoms with Gasteiger partial charge >= 0.3 is 0 Å². The van der Waals surface area contributed by atoms with E-state index in [9.17, 15) is 8.78 Å². The summed E-state index contributed by atoms with van der Waals surface area (Å²) < 4.78 is 27.2. The first kappa shape index (κ1) is 15.9. The lowest BCUT2D eigenvalue weighted by molar-refractivity contribution is 0.228. The molecule has 2 rings (SSSR count). The van der Waals surface area contributed by atoms with E-state index in [-0.39, 0.29) is 11.6 Å². The Morgan fingerprint density at radius 1 is 1.24 bits per heavy atom. The fourth-order valence-electron chi connectivity index (χ4n) is 2.30. The zero-order chi connectivity index (χ0) is 15.4. The molecule has 0 unspecified atom stereocenters. The number of halogens is 2. The summed E-state index contributed by atoms with van der Waals surface area (Å²) in [7, 11) is 4.07. The van der Waals surface area contributed by atoms with E-state index in [1.165, 1.54) is 0 Å². The van der Waals surface area contributed by atoms with Crippen molar-refractivity contribution in [2.45, 2.75) is 0 Å². The number of anilines is 2. The average molecular weight is 300 g/mol. The molecule has 0 radical (unpaired) electrons. The lowest BCUT2D eigenvalue weighted by Crippen LogP contribution is -2.48. The summed E-state index contributed by atoms with van der Waals surface area (Å²) in [6.45, 7) is 4.95. The van der Waals surface area contributed by atoms with Crippen molar-refractivity contribution < 1.29 is 8.78 Å². The number of likely N-dealkylation sites (N-methyl/N-ethyl adjacent to an activating group) is 1. The van der Waals surface area contributed by atoms with Gasteiger partial charge in [0.1, 0.15) is 0 Å². The Morgan fingerprint density at radius 3 is 2.48 bits per heavy atom. The molecule has 118 valence electrons. The minimum absolute atomic E-state index is 0.138. The topological polar surface area (TPSA) is 60.7 Å². The number of rotatable bonds is 5. The van der Waals surface area contributed by atoms with Gasteiger partial charge in [-0.3, -0.25) is 4.90 Å². The van der Waals surface area contributed by atoms with Gasteiger partial charge in [-0.05, 0) is 14.1 Å². The molecule has 0 saturated carbocycles. The molecule has 6 nitrogen and oxygen atoms in total. The maximum atomic E-state index is 13.9. The fraction of sp³-hybridized carbons (Fsp3) is 0.615. The largest absolute Gasteiger partial charge is 0.352 e. The zero-order valence-electron chi connectivity index (χ0n) is 12.4. The molecule has 0 atom stereocenters. The summed E-state index contributed by atoms with van der Waals surface area (Å²) in [5, 5.41) is 0. The first-order chi connectivity index (χ1) is 10.0. The number of nitrogen functional groups attached to an aromatic ring is 1. The van der Waals surface area contributed by atoms with Crippen molar-refractivity contribution in [3.8, 4) is 0 Å². The van der Waals surface area contributed by atoms with Crippen molar-refractivity contribution in [2.24, 2.45) is 5.84 Å². The van der Waals surface area contributed by atoms with Crippen LogP contribution in [0.15, 0.2) is 6.07 Å². The van der Waals surface area contributed by atoms with E-state index in [0.717, 1.165) is 32.2 Å². The quantitative estimate of drug-likeness (QED) is 0.604. The Bertz CT molecular complexity index is 474. The molecule has 1 aromatic rings. The van der Waals surface area contributed by atoms with Gasteiger partial charge in [0.15, 0.2) is 23.3 Å². The fourth-order valence-corrected chi connectivity index (χ4v) is 2.30. The predicted octanol–water partition coefficient (Wildman–Crippen LogP) is 0.329. The van der Waals surface area contributed by atoms with Gasteiger partial charge in [-0.2, -0.15) is 0 Å². The van der Waals surface area contributed by atoms with Crippen molar-refractivity contribution in [3.05, 3.63) is 17.7 Å². The molecule has 3 N–H and O–H groups in total. The average Bonchev–Trinajstić information content (AvgIpc) is 2.46.